The van der Waals surface area contributed by atoms with Crippen LogP contribution in [0.5, 0.6) is 0 Å². The zero-order valence-corrected chi connectivity index (χ0v) is 24.1. The summed E-state index contributed by atoms with van der Waals surface area (Å²) in [6.07, 6.45) is 0.354. The van der Waals surface area contributed by atoms with Gasteiger partial charge in [-0.3, -0.25) is 14.1 Å². The first-order valence-corrected chi connectivity index (χ1v) is 17.1. The summed E-state index contributed by atoms with van der Waals surface area (Å²) in [5.41, 5.74) is -0.0344. The van der Waals surface area contributed by atoms with Crippen LogP contribution in [0, 0.1) is 5.82 Å². The molecule has 5 aromatic rings. The first-order chi connectivity index (χ1) is 18.9. The van der Waals surface area contributed by atoms with Gasteiger partial charge in [-0.05, 0) is 29.8 Å². The molecule has 0 radical (unpaired) electrons. The number of fused-ring (bicyclic) bond motifs is 1. The summed E-state index contributed by atoms with van der Waals surface area (Å²) < 4.78 is 65.9. The third-order valence-corrected chi connectivity index (χ3v) is 9.13. The van der Waals surface area contributed by atoms with Crippen molar-refractivity contribution in [2.45, 2.75) is 51.4 Å². The lowest BCUT2D eigenvalue weighted by Crippen LogP contribution is -2.22. The minimum Gasteiger partial charge on any atom is -0.361 e. The minimum absolute atomic E-state index is 0.00239. The maximum atomic E-state index is 15.8. The molecule has 0 aliphatic carbocycles. The van der Waals surface area contributed by atoms with Crippen LogP contribution in [-0.4, -0.2) is 49.0 Å². The second kappa shape index (κ2) is 10.8. The van der Waals surface area contributed by atoms with Gasteiger partial charge in [0.05, 0.1) is 28.0 Å². The van der Waals surface area contributed by atoms with Crippen molar-refractivity contribution in [2.24, 2.45) is 0 Å². The standard InChI is InChI=1S/C26H27F4N7OSSi/c1-16(25-32-7-9-39-25)17-11-19(27)22-20(12-17)34-23(37(22)15-38-8-10-40(2,3)4)24-35-33-14-36(24)21-13-31-6-5-18(21)26(28,29)30/h5-7,9,11-14,16H,8,10,15H2,1-4H3. The fourth-order valence-corrected chi connectivity index (χ4v) is 5.77. The average Bonchev–Trinajstić information content (AvgIpc) is 3.65. The molecule has 0 amide bonds. The van der Waals surface area contributed by atoms with E-state index in [0.717, 1.165) is 40.4 Å². The Bertz CT molecular complexity index is 1630. The van der Waals surface area contributed by atoms with Gasteiger partial charge in [-0.25, -0.2) is 14.4 Å². The average molecular weight is 590 g/mol. The molecule has 0 spiro atoms. The molecule has 0 fully saturated rings. The number of halogens is 4. The molecule has 1 atom stereocenters. The number of nitrogens with zero attached hydrogens (tertiary/aromatic N) is 7. The summed E-state index contributed by atoms with van der Waals surface area (Å²) in [4.78, 5) is 12.9. The van der Waals surface area contributed by atoms with Gasteiger partial charge in [0.2, 0.25) is 5.82 Å². The fourth-order valence-electron chi connectivity index (χ4n) is 4.29. The van der Waals surface area contributed by atoms with Gasteiger partial charge in [-0.2, -0.15) is 13.2 Å². The van der Waals surface area contributed by atoms with Crippen LogP contribution in [0.15, 0.2) is 48.5 Å². The van der Waals surface area contributed by atoms with Crippen LogP contribution in [-0.2, 0) is 17.6 Å². The van der Waals surface area contributed by atoms with Crippen LogP contribution < -0.4 is 0 Å². The molecular formula is C26H27F4N7OSSi. The predicted molar refractivity (Wildman–Crippen MR) is 147 cm³/mol. The highest BCUT2D eigenvalue weighted by atomic mass is 32.1. The van der Waals surface area contributed by atoms with E-state index in [2.05, 4.69) is 44.8 Å². The summed E-state index contributed by atoms with van der Waals surface area (Å²) in [5.74, 6) is -0.603. The number of rotatable bonds is 9. The number of thiazole rings is 1. The Hall–Kier alpha value is -3.49. The zero-order chi connectivity index (χ0) is 28.7. The number of ether oxygens (including phenoxy) is 1. The maximum absolute atomic E-state index is 15.8. The molecule has 1 aromatic carbocycles. The van der Waals surface area contributed by atoms with Crippen LogP contribution in [0.3, 0.4) is 0 Å². The molecule has 4 heterocycles. The van der Waals surface area contributed by atoms with Gasteiger partial charge >= 0.3 is 6.18 Å². The molecule has 14 heteroatoms. The molecular weight excluding hydrogens is 562 g/mol. The van der Waals surface area contributed by atoms with E-state index in [1.165, 1.54) is 22.0 Å². The number of aromatic nitrogens is 7. The molecule has 1 unspecified atom stereocenters. The summed E-state index contributed by atoms with van der Waals surface area (Å²) in [7, 11) is -1.40. The van der Waals surface area contributed by atoms with Crippen molar-refractivity contribution in [3.8, 4) is 17.3 Å². The number of benzene rings is 1. The van der Waals surface area contributed by atoms with E-state index < -0.39 is 25.6 Å². The number of alkyl halides is 3. The Morgan fingerprint density at radius 3 is 2.62 bits per heavy atom. The first-order valence-electron chi connectivity index (χ1n) is 12.5. The predicted octanol–water partition coefficient (Wildman–Crippen LogP) is 6.76. The van der Waals surface area contributed by atoms with Gasteiger partial charge in [-0.15, -0.1) is 21.5 Å². The van der Waals surface area contributed by atoms with E-state index in [1.807, 2.05) is 12.3 Å². The number of hydrogen-bond donors (Lipinski definition) is 0. The molecule has 40 heavy (non-hydrogen) atoms. The van der Waals surface area contributed by atoms with E-state index in [1.54, 1.807) is 12.3 Å². The van der Waals surface area contributed by atoms with Gasteiger partial charge in [0, 0.05) is 38.4 Å². The Morgan fingerprint density at radius 1 is 1.12 bits per heavy atom. The Kier molecular flexibility index (Phi) is 7.59. The molecule has 5 rings (SSSR count). The van der Waals surface area contributed by atoms with Crippen LogP contribution in [0.1, 0.15) is 29.0 Å². The summed E-state index contributed by atoms with van der Waals surface area (Å²) in [5, 5.41) is 10.6. The fraction of sp³-hybridized carbons (Fsp3) is 0.346. The molecule has 0 saturated heterocycles. The van der Waals surface area contributed by atoms with Gasteiger partial charge in [0.1, 0.15) is 24.4 Å². The van der Waals surface area contributed by atoms with Crippen molar-refractivity contribution in [3.63, 3.8) is 0 Å². The number of pyridine rings is 1. The van der Waals surface area contributed by atoms with Gasteiger partial charge in [0.15, 0.2) is 5.82 Å². The van der Waals surface area contributed by atoms with Crippen LogP contribution in [0.4, 0.5) is 17.6 Å². The lowest BCUT2D eigenvalue weighted by Gasteiger charge is -2.17. The van der Waals surface area contributed by atoms with E-state index in [4.69, 9.17) is 4.74 Å². The molecule has 0 aliphatic heterocycles. The summed E-state index contributed by atoms with van der Waals surface area (Å²) in [6.45, 7) is 8.95. The lowest BCUT2D eigenvalue weighted by molar-refractivity contribution is -0.137. The zero-order valence-electron chi connectivity index (χ0n) is 22.3. The van der Waals surface area contributed by atoms with Gasteiger partial charge in [-0.1, -0.05) is 26.6 Å². The normalized spacial score (nSPS) is 13.3. The van der Waals surface area contributed by atoms with Crippen molar-refractivity contribution in [1.29, 1.82) is 0 Å². The number of imidazole rings is 1. The molecule has 0 saturated carbocycles. The van der Waals surface area contributed by atoms with E-state index >= 15 is 4.39 Å². The van der Waals surface area contributed by atoms with E-state index in [9.17, 15) is 13.2 Å². The first kappa shape index (κ1) is 28.1. The minimum atomic E-state index is -4.65. The smallest absolute Gasteiger partial charge is 0.361 e. The molecule has 0 aliphatic rings. The van der Waals surface area contributed by atoms with Crippen molar-refractivity contribution < 1.29 is 22.3 Å². The Labute approximate surface area is 232 Å². The third-order valence-electron chi connectivity index (χ3n) is 6.47. The highest BCUT2D eigenvalue weighted by Gasteiger charge is 2.35. The van der Waals surface area contributed by atoms with Crippen LogP contribution >= 0.6 is 11.3 Å². The quantitative estimate of drug-likeness (QED) is 0.107. The number of hydrogen-bond acceptors (Lipinski definition) is 7. The highest BCUT2D eigenvalue weighted by molar-refractivity contribution is 7.09. The molecule has 0 bridgehead atoms. The monoisotopic (exact) mass is 589 g/mol. The van der Waals surface area contributed by atoms with E-state index in [0.29, 0.717) is 17.7 Å². The van der Waals surface area contributed by atoms with Crippen molar-refractivity contribution >= 4 is 30.4 Å². The topological polar surface area (TPSA) is 83.5 Å². The lowest BCUT2D eigenvalue weighted by atomic mass is 10.0. The largest absolute Gasteiger partial charge is 0.418 e. The molecule has 8 nitrogen and oxygen atoms in total. The van der Waals surface area contributed by atoms with Crippen molar-refractivity contribution in [1.82, 2.24) is 34.3 Å². The van der Waals surface area contributed by atoms with Gasteiger partial charge < -0.3 is 4.74 Å². The summed E-state index contributed by atoms with van der Waals surface area (Å²) >= 11 is 1.47. The van der Waals surface area contributed by atoms with Crippen LogP contribution in [0.25, 0.3) is 28.4 Å². The SMILES string of the molecule is CC(c1cc(F)c2c(c1)nc(-c1nncn1-c1cnccc1C(F)(F)F)n2COCC[Si](C)(C)C)c1nccs1. The van der Waals surface area contributed by atoms with Crippen molar-refractivity contribution in [2.75, 3.05) is 6.61 Å². The van der Waals surface area contributed by atoms with Crippen molar-refractivity contribution in [3.05, 3.63) is 70.4 Å². The van der Waals surface area contributed by atoms with Gasteiger partial charge in [0.25, 0.3) is 0 Å². The third kappa shape index (κ3) is 5.69. The summed E-state index contributed by atoms with van der Waals surface area (Å²) in [6, 6.07) is 4.96. The molecule has 210 valence electrons. The van der Waals surface area contributed by atoms with Crippen LogP contribution in [0.2, 0.25) is 25.7 Å². The second-order valence-corrected chi connectivity index (χ2v) is 17.1. The Balaban J connectivity index is 1.64. The molecule has 0 N–H and O–H groups in total. The molecule has 4 aromatic heterocycles. The Morgan fingerprint density at radius 2 is 1.93 bits per heavy atom. The van der Waals surface area contributed by atoms with E-state index in [-0.39, 0.29) is 35.5 Å². The second-order valence-electron chi connectivity index (χ2n) is 10.6. The maximum Gasteiger partial charge on any atom is 0.418 e. The highest BCUT2D eigenvalue weighted by Crippen LogP contribution is 2.36.